The van der Waals surface area contributed by atoms with Crippen molar-refractivity contribution in [2.75, 3.05) is 0 Å². The van der Waals surface area contributed by atoms with E-state index in [1.54, 1.807) is 0 Å². The number of halogens is 4. The van der Waals surface area contributed by atoms with Gasteiger partial charge in [0.05, 0.1) is 4.90 Å². The van der Waals surface area contributed by atoms with Crippen LogP contribution < -0.4 is 0 Å². The number of benzene rings is 1. The summed E-state index contributed by atoms with van der Waals surface area (Å²) < 4.78 is 52.3. The van der Waals surface area contributed by atoms with E-state index in [1.165, 1.54) is 12.1 Å². The second-order valence-corrected chi connectivity index (χ2v) is 6.32. The van der Waals surface area contributed by atoms with Crippen LogP contribution in [-0.2, 0) is 0 Å². The second kappa shape index (κ2) is 6.83. The van der Waals surface area contributed by atoms with Gasteiger partial charge >= 0.3 is 0 Å². The van der Waals surface area contributed by atoms with Crippen LogP contribution in [-0.4, -0.2) is 5.76 Å². The lowest BCUT2D eigenvalue weighted by Crippen LogP contribution is -2.14. The lowest BCUT2D eigenvalue weighted by Gasteiger charge is -2.28. The van der Waals surface area contributed by atoms with Crippen molar-refractivity contribution in [2.24, 2.45) is 5.92 Å². The Kier molecular flexibility index (Phi) is 5.35. The highest BCUT2D eigenvalue weighted by molar-refractivity contribution is 7.99. The van der Waals surface area contributed by atoms with Crippen LogP contribution in [0.2, 0.25) is 0 Å². The van der Waals surface area contributed by atoms with Crippen LogP contribution in [0.15, 0.2) is 17.0 Å². The van der Waals surface area contributed by atoms with Crippen molar-refractivity contribution < 1.29 is 17.6 Å². The third kappa shape index (κ3) is 3.48. The highest BCUT2D eigenvalue weighted by Crippen LogP contribution is 2.40. The quantitative estimate of drug-likeness (QED) is 0.488. The molecule has 1 fully saturated rings. The summed E-state index contributed by atoms with van der Waals surface area (Å²) in [6.07, 6.45) is 4.85. The fourth-order valence-corrected chi connectivity index (χ4v) is 3.46. The van der Waals surface area contributed by atoms with E-state index in [1.807, 2.05) is 0 Å². The lowest BCUT2D eigenvalue weighted by molar-refractivity contribution is 0.251. The predicted octanol–water partition coefficient (Wildman–Crippen LogP) is 5.96. The first-order chi connectivity index (χ1) is 9.52. The topological polar surface area (TPSA) is 0 Å². The SMILES string of the molecule is CCC1CCC(c2ccc(SC(F)F)c(F)c2F)CC1. The first-order valence-corrected chi connectivity index (χ1v) is 7.83. The Morgan fingerprint density at radius 2 is 1.75 bits per heavy atom. The van der Waals surface area contributed by atoms with Gasteiger partial charge in [-0.25, -0.2) is 8.78 Å². The van der Waals surface area contributed by atoms with E-state index >= 15 is 0 Å². The summed E-state index contributed by atoms with van der Waals surface area (Å²) in [5.74, 6) is -4.14. The van der Waals surface area contributed by atoms with Crippen molar-refractivity contribution in [2.45, 2.75) is 55.6 Å². The molecule has 0 unspecified atom stereocenters. The van der Waals surface area contributed by atoms with E-state index in [2.05, 4.69) is 6.92 Å². The molecule has 1 aromatic rings. The minimum atomic E-state index is -2.74. The maximum atomic E-state index is 14.0. The van der Waals surface area contributed by atoms with Gasteiger partial charge in [-0.1, -0.05) is 31.2 Å². The van der Waals surface area contributed by atoms with Crippen LogP contribution >= 0.6 is 11.8 Å². The van der Waals surface area contributed by atoms with E-state index in [-0.39, 0.29) is 22.6 Å². The molecule has 0 bridgehead atoms. The third-order valence-corrected chi connectivity index (χ3v) is 4.90. The van der Waals surface area contributed by atoms with Gasteiger partial charge in [0.1, 0.15) is 0 Å². The maximum Gasteiger partial charge on any atom is 0.289 e. The van der Waals surface area contributed by atoms with Crippen LogP contribution in [0.4, 0.5) is 17.6 Å². The van der Waals surface area contributed by atoms with Gasteiger partial charge in [-0.2, -0.15) is 8.78 Å². The summed E-state index contributed by atoms with van der Waals surface area (Å²) >= 11 is 0.0503. The molecule has 1 aliphatic rings. The van der Waals surface area contributed by atoms with Crippen molar-refractivity contribution in [3.05, 3.63) is 29.3 Å². The molecule has 2 rings (SSSR count). The van der Waals surface area contributed by atoms with Crippen molar-refractivity contribution in [1.82, 2.24) is 0 Å². The average molecular weight is 306 g/mol. The zero-order valence-corrected chi connectivity index (χ0v) is 12.2. The summed E-state index contributed by atoms with van der Waals surface area (Å²) in [5, 5.41) is 0. The minimum absolute atomic E-state index is 0.0119. The molecule has 0 aromatic heterocycles. The van der Waals surface area contributed by atoms with Crippen LogP contribution in [0.3, 0.4) is 0 Å². The first kappa shape index (κ1) is 15.7. The van der Waals surface area contributed by atoms with Crippen molar-refractivity contribution >= 4 is 11.8 Å². The molecule has 0 radical (unpaired) electrons. The van der Waals surface area contributed by atoms with Gasteiger partial charge < -0.3 is 0 Å². The molecule has 1 aliphatic carbocycles. The molecule has 0 spiro atoms. The van der Waals surface area contributed by atoms with Crippen molar-refractivity contribution in [1.29, 1.82) is 0 Å². The molecule has 0 nitrogen and oxygen atoms in total. The van der Waals surface area contributed by atoms with Crippen LogP contribution in [0, 0.1) is 17.6 Å². The fraction of sp³-hybridized carbons (Fsp3) is 0.600. The van der Waals surface area contributed by atoms with Crippen molar-refractivity contribution in [3.8, 4) is 0 Å². The summed E-state index contributed by atoms with van der Waals surface area (Å²) in [7, 11) is 0. The Balaban J connectivity index is 2.15. The van der Waals surface area contributed by atoms with Crippen molar-refractivity contribution in [3.63, 3.8) is 0 Å². The molecule has 0 heterocycles. The molecule has 5 heteroatoms. The van der Waals surface area contributed by atoms with E-state index in [0.717, 1.165) is 32.1 Å². The van der Waals surface area contributed by atoms with Crippen LogP contribution in [0.25, 0.3) is 0 Å². The molecular formula is C15H18F4S. The van der Waals surface area contributed by atoms with Crippen LogP contribution in [0.5, 0.6) is 0 Å². The van der Waals surface area contributed by atoms with E-state index in [0.29, 0.717) is 11.5 Å². The van der Waals surface area contributed by atoms with Gasteiger partial charge in [-0.15, -0.1) is 0 Å². The zero-order chi connectivity index (χ0) is 14.7. The zero-order valence-electron chi connectivity index (χ0n) is 11.3. The molecule has 20 heavy (non-hydrogen) atoms. The summed E-state index contributed by atoms with van der Waals surface area (Å²) in [6.45, 7) is 2.14. The van der Waals surface area contributed by atoms with Gasteiger partial charge in [0.2, 0.25) is 0 Å². The molecular weight excluding hydrogens is 288 g/mol. The summed E-state index contributed by atoms with van der Waals surface area (Å²) in [4.78, 5) is -0.316. The highest BCUT2D eigenvalue weighted by Gasteiger charge is 2.26. The van der Waals surface area contributed by atoms with E-state index in [9.17, 15) is 17.6 Å². The normalized spacial score (nSPS) is 23.3. The lowest BCUT2D eigenvalue weighted by atomic mass is 9.77. The molecule has 1 aromatic carbocycles. The van der Waals surface area contributed by atoms with E-state index in [4.69, 9.17) is 0 Å². The van der Waals surface area contributed by atoms with E-state index < -0.39 is 17.4 Å². The summed E-state index contributed by atoms with van der Waals surface area (Å²) in [5.41, 5.74) is 0.343. The average Bonchev–Trinajstić information content (AvgIpc) is 2.44. The minimum Gasteiger partial charge on any atom is -0.203 e. The Hall–Kier alpha value is -0.710. The molecule has 0 saturated heterocycles. The predicted molar refractivity (Wildman–Crippen MR) is 73.2 cm³/mol. The largest absolute Gasteiger partial charge is 0.289 e. The first-order valence-electron chi connectivity index (χ1n) is 6.95. The number of thioether (sulfide) groups is 1. The number of hydrogen-bond donors (Lipinski definition) is 0. The number of alkyl halides is 2. The van der Waals surface area contributed by atoms with Gasteiger partial charge in [0.25, 0.3) is 5.76 Å². The van der Waals surface area contributed by atoms with Gasteiger partial charge in [0.15, 0.2) is 11.6 Å². The molecule has 0 N–H and O–H groups in total. The van der Waals surface area contributed by atoms with Gasteiger partial charge in [-0.05, 0) is 49.1 Å². The Morgan fingerprint density at radius 3 is 2.30 bits per heavy atom. The second-order valence-electron chi connectivity index (χ2n) is 5.29. The molecule has 112 valence electrons. The third-order valence-electron chi connectivity index (χ3n) is 4.16. The fourth-order valence-electron chi connectivity index (χ4n) is 2.93. The molecule has 0 atom stereocenters. The summed E-state index contributed by atoms with van der Waals surface area (Å²) in [6, 6.07) is 2.75. The highest BCUT2D eigenvalue weighted by atomic mass is 32.2. The standard InChI is InChI=1S/C15H18F4S/c1-2-9-3-5-10(6-4-9)11-7-8-12(20-15(18)19)14(17)13(11)16/h7-10,15H,2-6H2,1H3. The number of rotatable bonds is 4. The smallest absolute Gasteiger partial charge is 0.203 e. The maximum absolute atomic E-state index is 14.0. The Labute approximate surface area is 120 Å². The molecule has 0 amide bonds. The molecule has 1 saturated carbocycles. The monoisotopic (exact) mass is 306 g/mol. The number of hydrogen-bond acceptors (Lipinski definition) is 1. The van der Waals surface area contributed by atoms with Gasteiger partial charge in [0, 0.05) is 0 Å². The molecule has 0 aliphatic heterocycles. The Morgan fingerprint density at radius 1 is 1.10 bits per heavy atom. The Bertz CT molecular complexity index is 453. The van der Waals surface area contributed by atoms with Crippen LogP contribution in [0.1, 0.15) is 50.5 Å². The van der Waals surface area contributed by atoms with Gasteiger partial charge in [-0.3, -0.25) is 0 Å².